The van der Waals surface area contributed by atoms with Gasteiger partial charge in [-0.15, -0.1) is 11.3 Å². The maximum absolute atomic E-state index is 11.9. The van der Waals surface area contributed by atoms with E-state index in [0.717, 1.165) is 29.4 Å². The Morgan fingerprint density at radius 1 is 1.29 bits per heavy atom. The number of thiazole rings is 1. The van der Waals surface area contributed by atoms with Crippen molar-refractivity contribution in [3.63, 3.8) is 0 Å². The molecule has 0 radical (unpaired) electrons. The molecule has 1 amide bonds. The summed E-state index contributed by atoms with van der Waals surface area (Å²) in [6, 6.07) is 7.93. The maximum atomic E-state index is 11.9. The molecule has 1 aromatic carbocycles. The van der Waals surface area contributed by atoms with Crippen LogP contribution in [-0.4, -0.2) is 43.0 Å². The predicted octanol–water partition coefficient (Wildman–Crippen LogP) is 2.64. The Kier molecular flexibility index (Phi) is 7.21. The van der Waals surface area contributed by atoms with Gasteiger partial charge in [0.1, 0.15) is 17.4 Å². The number of nitrogens with zero attached hydrogens (tertiary/aromatic N) is 2. The molecule has 0 atom stereocenters. The van der Waals surface area contributed by atoms with Crippen molar-refractivity contribution < 1.29 is 9.53 Å². The van der Waals surface area contributed by atoms with E-state index < -0.39 is 0 Å². The number of rotatable bonds is 9. The summed E-state index contributed by atoms with van der Waals surface area (Å²) in [6.45, 7) is 4.14. The first-order valence-electron chi connectivity index (χ1n) is 8.07. The number of hydrogen-bond donors (Lipinski definition) is 1. The van der Waals surface area contributed by atoms with Crippen LogP contribution in [0, 0.1) is 6.92 Å². The highest BCUT2D eigenvalue weighted by molar-refractivity contribution is 7.09. The van der Waals surface area contributed by atoms with E-state index in [1.54, 1.807) is 0 Å². The number of ether oxygens (including phenoxy) is 1. The summed E-state index contributed by atoms with van der Waals surface area (Å²) < 4.78 is 5.71. The Labute approximate surface area is 147 Å². The zero-order chi connectivity index (χ0) is 17.4. The molecule has 0 aliphatic rings. The van der Waals surface area contributed by atoms with Crippen LogP contribution in [0.1, 0.15) is 22.7 Å². The zero-order valence-electron chi connectivity index (χ0n) is 14.5. The molecular weight excluding hydrogens is 322 g/mol. The lowest BCUT2D eigenvalue weighted by Crippen LogP contribution is -2.28. The number of hydrogen-bond acceptors (Lipinski definition) is 5. The van der Waals surface area contributed by atoms with Crippen LogP contribution < -0.4 is 10.1 Å². The second kappa shape index (κ2) is 9.39. The van der Waals surface area contributed by atoms with Gasteiger partial charge in [-0.1, -0.05) is 17.7 Å². The van der Waals surface area contributed by atoms with Crippen molar-refractivity contribution >= 4 is 17.2 Å². The molecule has 2 aromatic rings. The fourth-order valence-electron chi connectivity index (χ4n) is 2.13. The van der Waals surface area contributed by atoms with Gasteiger partial charge in [-0.3, -0.25) is 4.79 Å². The third-order valence-corrected chi connectivity index (χ3v) is 4.30. The number of carbonyl (C=O) groups is 1. The summed E-state index contributed by atoms with van der Waals surface area (Å²) in [6.07, 6.45) is 1.27. The molecule has 130 valence electrons. The lowest BCUT2D eigenvalue weighted by molar-refractivity contribution is -0.120. The van der Waals surface area contributed by atoms with Gasteiger partial charge >= 0.3 is 0 Å². The lowest BCUT2D eigenvalue weighted by atomic mass is 10.2. The molecule has 0 spiro atoms. The van der Waals surface area contributed by atoms with E-state index >= 15 is 0 Å². The van der Waals surface area contributed by atoms with Gasteiger partial charge in [-0.2, -0.15) is 0 Å². The molecule has 0 saturated heterocycles. The Morgan fingerprint density at radius 3 is 2.75 bits per heavy atom. The van der Waals surface area contributed by atoms with Crippen molar-refractivity contribution in [3.8, 4) is 5.75 Å². The van der Waals surface area contributed by atoms with E-state index in [2.05, 4.69) is 15.2 Å². The van der Waals surface area contributed by atoms with Gasteiger partial charge in [-0.05, 0) is 46.1 Å². The molecule has 1 N–H and O–H groups in total. The van der Waals surface area contributed by atoms with Gasteiger partial charge in [0.25, 0.3) is 0 Å². The normalized spacial score (nSPS) is 10.8. The molecule has 0 unspecified atom stereocenters. The van der Waals surface area contributed by atoms with E-state index in [0.29, 0.717) is 19.6 Å². The van der Waals surface area contributed by atoms with E-state index in [4.69, 9.17) is 4.74 Å². The second-order valence-electron chi connectivity index (χ2n) is 6.02. The minimum atomic E-state index is 0.0186. The number of benzene rings is 1. The highest BCUT2D eigenvalue weighted by Gasteiger charge is 2.08. The number of aromatic nitrogens is 1. The van der Waals surface area contributed by atoms with Crippen LogP contribution in [0.5, 0.6) is 5.75 Å². The van der Waals surface area contributed by atoms with Crippen LogP contribution in [-0.2, 0) is 17.8 Å². The summed E-state index contributed by atoms with van der Waals surface area (Å²) >= 11 is 1.52. The summed E-state index contributed by atoms with van der Waals surface area (Å²) in [5, 5.41) is 5.73. The van der Waals surface area contributed by atoms with Crippen molar-refractivity contribution in [3.05, 3.63) is 45.9 Å². The number of nitrogens with one attached hydrogen (secondary N) is 1. The first-order chi connectivity index (χ1) is 11.5. The average Bonchev–Trinajstić information content (AvgIpc) is 2.98. The summed E-state index contributed by atoms with van der Waals surface area (Å²) in [7, 11) is 4.05. The second-order valence-corrected chi connectivity index (χ2v) is 6.96. The van der Waals surface area contributed by atoms with Crippen LogP contribution >= 0.6 is 11.3 Å². The van der Waals surface area contributed by atoms with Gasteiger partial charge in [0, 0.05) is 11.9 Å². The fraction of sp³-hybridized carbons (Fsp3) is 0.444. The molecule has 24 heavy (non-hydrogen) atoms. The highest BCUT2D eigenvalue weighted by atomic mass is 32.1. The smallest absolute Gasteiger partial charge is 0.226 e. The molecule has 0 aliphatic carbocycles. The highest BCUT2D eigenvalue weighted by Crippen LogP contribution is 2.16. The zero-order valence-corrected chi connectivity index (χ0v) is 15.4. The molecule has 0 aliphatic heterocycles. The molecular formula is C18H25N3O2S. The number of aryl methyl sites for hydroxylation is 1. The molecule has 1 aromatic heterocycles. The maximum Gasteiger partial charge on any atom is 0.226 e. The molecule has 6 heteroatoms. The van der Waals surface area contributed by atoms with Gasteiger partial charge < -0.3 is 15.0 Å². The predicted molar refractivity (Wildman–Crippen MR) is 97.5 cm³/mol. The molecule has 0 saturated carbocycles. The van der Waals surface area contributed by atoms with E-state index in [1.165, 1.54) is 16.9 Å². The van der Waals surface area contributed by atoms with Crippen molar-refractivity contribution in [1.82, 2.24) is 15.2 Å². The van der Waals surface area contributed by atoms with Crippen molar-refractivity contribution in [2.45, 2.75) is 26.4 Å². The lowest BCUT2D eigenvalue weighted by Gasteiger charge is -2.09. The van der Waals surface area contributed by atoms with Crippen LogP contribution in [0.15, 0.2) is 29.6 Å². The molecule has 2 rings (SSSR count). The Bertz CT molecular complexity index is 638. The average molecular weight is 347 g/mol. The molecule has 0 fully saturated rings. The van der Waals surface area contributed by atoms with E-state index in [1.807, 2.05) is 50.7 Å². The SMILES string of the molecule is Cc1ccc(OCc2nc(CC(=O)NCCCN(C)C)cs2)cc1. The monoisotopic (exact) mass is 347 g/mol. The van der Waals surface area contributed by atoms with Crippen LogP contribution in [0.3, 0.4) is 0 Å². The summed E-state index contributed by atoms with van der Waals surface area (Å²) in [5.74, 6) is 0.848. The first kappa shape index (κ1) is 18.4. The van der Waals surface area contributed by atoms with Gasteiger partial charge in [0.05, 0.1) is 12.1 Å². The van der Waals surface area contributed by atoms with E-state index in [-0.39, 0.29) is 5.91 Å². The minimum absolute atomic E-state index is 0.0186. The van der Waals surface area contributed by atoms with Crippen LogP contribution in [0.25, 0.3) is 0 Å². The molecule has 0 bridgehead atoms. The molecule has 1 heterocycles. The standard InChI is InChI=1S/C18H25N3O2S/c1-14-5-7-16(8-6-14)23-12-18-20-15(13-24-18)11-17(22)19-9-4-10-21(2)3/h5-8,13H,4,9-12H2,1-3H3,(H,19,22). The Balaban J connectivity index is 1.72. The molecule has 5 nitrogen and oxygen atoms in total. The van der Waals surface area contributed by atoms with Crippen LogP contribution in [0.4, 0.5) is 0 Å². The third-order valence-electron chi connectivity index (χ3n) is 3.43. The minimum Gasteiger partial charge on any atom is -0.486 e. The van der Waals surface area contributed by atoms with Gasteiger partial charge in [-0.25, -0.2) is 4.98 Å². The van der Waals surface area contributed by atoms with Gasteiger partial charge in [0.15, 0.2) is 0 Å². The largest absolute Gasteiger partial charge is 0.486 e. The van der Waals surface area contributed by atoms with Gasteiger partial charge in [0.2, 0.25) is 5.91 Å². The van der Waals surface area contributed by atoms with Crippen molar-refractivity contribution in [2.24, 2.45) is 0 Å². The van der Waals surface area contributed by atoms with Crippen molar-refractivity contribution in [1.29, 1.82) is 0 Å². The van der Waals surface area contributed by atoms with E-state index in [9.17, 15) is 4.79 Å². The summed E-state index contributed by atoms with van der Waals surface area (Å²) in [4.78, 5) is 18.5. The number of amides is 1. The Hall–Kier alpha value is -1.92. The first-order valence-corrected chi connectivity index (χ1v) is 8.95. The fourth-order valence-corrected chi connectivity index (χ4v) is 2.83. The quantitative estimate of drug-likeness (QED) is 0.709. The number of carbonyl (C=O) groups excluding carboxylic acids is 1. The Morgan fingerprint density at radius 2 is 2.04 bits per heavy atom. The summed E-state index contributed by atoms with van der Waals surface area (Å²) in [5.41, 5.74) is 2.00. The van der Waals surface area contributed by atoms with Crippen molar-refractivity contribution in [2.75, 3.05) is 27.2 Å². The van der Waals surface area contributed by atoms with Crippen LogP contribution in [0.2, 0.25) is 0 Å². The topological polar surface area (TPSA) is 54.5 Å². The third kappa shape index (κ3) is 6.68.